The second kappa shape index (κ2) is 8.26. The molecule has 144 valence electrons. The Morgan fingerprint density at radius 2 is 1.68 bits per heavy atom. The van der Waals surface area contributed by atoms with Gasteiger partial charge < -0.3 is 14.5 Å². The molecule has 8 nitrogen and oxygen atoms in total. The Bertz CT molecular complexity index is 1040. The topological polar surface area (TPSA) is 110 Å². The van der Waals surface area contributed by atoms with E-state index >= 15 is 0 Å². The highest BCUT2D eigenvalue weighted by Crippen LogP contribution is 2.24. The van der Waals surface area contributed by atoms with E-state index in [9.17, 15) is 14.4 Å². The number of hydrogen-bond acceptors (Lipinski definition) is 5. The molecule has 0 spiro atoms. The fourth-order valence-electron chi connectivity index (χ4n) is 2.71. The molecule has 0 aliphatic carbocycles. The molecular formula is C20H19N3O5. The van der Waals surface area contributed by atoms with E-state index in [2.05, 4.69) is 16.2 Å². The molecule has 0 aliphatic rings. The van der Waals surface area contributed by atoms with Gasteiger partial charge in [-0.2, -0.15) is 0 Å². The number of aryl methyl sites for hydroxylation is 1. The van der Waals surface area contributed by atoms with Gasteiger partial charge in [0.25, 0.3) is 11.8 Å². The SMILES string of the molecule is COc1ccccc1C(=O)NCC(=O)NNC(=O)c1oc2ccccc2c1C. The van der Waals surface area contributed by atoms with Crippen LogP contribution in [0.25, 0.3) is 11.0 Å². The molecule has 0 saturated heterocycles. The van der Waals surface area contributed by atoms with Crippen LogP contribution in [0.5, 0.6) is 5.75 Å². The van der Waals surface area contributed by atoms with Crippen LogP contribution in [0.15, 0.2) is 52.9 Å². The number of carbonyl (C=O) groups excluding carboxylic acids is 3. The molecule has 1 aromatic heterocycles. The molecule has 0 fully saturated rings. The first-order valence-electron chi connectivity index (χ1n) is 8.49. The van der Waals surface area contributed by atoms with Gasteiger partial charge in [0.05, 0.1) is 19.2 Å². The second-order valence-electron chi connectivity index (χ2n) is 5.94. The molecule has 0 aliphatic heterocycles. The summed E-state index contributed by atoms with van der Waals surface area (Å²) in [6.07, 6.45) is 0. The summed E-state index contributed by atoms with van der Waals surface area (Å²) in [4.78, 5) is 36.3. The number of carbonyl (C=O) groups is 3. The highest BCUT2D eigenvalue weighted by atomic mass is 16.5. The molecule has 8 heteroatoms. The number of nitrogens with one attached hydrogen (secondary N) is 3. The molecule has 0 atom stereocenters. The van der Waals surface area contributed by atoms with Gasteiger partial charge in [0.1, 0.15) is 11.3 Å². The number of para-hydroxylation sites is 2. The molecule has 3 amide bonds. The van der Waals surface area contributed by atoms with Crippen LogP contribution < -0.4 is 20.9 Å². The third-order valence-corrected chi connectivity index (χ3v) is 4.13. The molecule has 3 rings (SSSR count). The van der Waals surface area contributed by atoms with Gasteiger partial charge in [0.15, 0.2) is 5.76 Å². The number of rotatable bonds is 5. The maximum Gasteiger partial charge on any atom is 0.305 e. The predicted octanol–water partition coefficient (Wildman–Crippen LogP) is 1.94. The van der Waals surface area contributed by atoms with Crippen molar-refractivity contribution in [2.45, 2.75) is 6.92 Å². The highest BCUT2D eigenvalue weighted by molar-refractivity contribution is 6.01. The molecule has 0 radical (unpaired) electrons. The van der Waals surface area contributed by atoms with E-state index in [0.717, 1.165) is 5.39 Å². The molecule has 1 heterocycles. The zero-order chi connectivity index (χ0) is 20.1. The van der Waals surface area contributed by atoms with Crippen molar-refractivity contribution in [1.82, 2.24) is 16.2 Å². The number of hydrazine groups is 1. The predicted molar refractivity (Wildman–Crippen MR) is 102 cm³/mol. The van der Waals surface area contributed by atoms with Gasteiger partial charge in [-0.15, -0.1) is 0 Å². The van der Waals surface area contributed by atoms with Crippen molar-refractivity contribution in [3.05, 3.63) is 65.4 Å². The van der Waals surface area contributed by atoms with E-state index < -0.39 is 17.7 Å². The molecule has 28 heavy (non-hydrogen) atoms. The van der Waals surface area contributed by atoms with Crippen LogP contribution in [-0.2, 0) is 4.79 Å². The number of amides is 3. The molecular weight excluding hydrogens is 362 g/mol. The monoisotopic (exact) mass is 381 g/mol. The summed E-state index contributed by atoms with van der Waals surface area (Å²) in [5, 5.41) is 3.29. The van der Waals surface area contributed by atoms with Crippen molar-refractivity contribution in [3.8, 4) is 5.75 Å². The molecule has 0 bridgehead atoms. The van der Waals surface area contributed by atoms with Gasteiger partial charge >= 0.3 is 5.91 Å². The number of hydrogen-bond donors (Lipinski definition) is 3. The van der Waals surface area contributed by atoms with E-state index in [0.29, 0.717) is 22.5 Å². The van der Waals surface area contributed by atoms with Crippen LogP contribution in [-0.4, -0.2) is 31.4 Å². The van der Waals surface area contributed by atoms with Crippen molar-refractivity contribution in [3.63, 3.8) is 0 Å². The first-order chi connectivity index (χ1) is 13.5. The van der Waals surface area contributed by atoms with E-state index in [1.54, 1.807) is 43.3 Å². The maximum atomic E-state index is 12.3. The smallest absolute Gasteiger partial charge is 0.305 e. The van der Waals surface area contributed by atoms with Gasteiger partial charge in [-0.3, -0.25) is 25.2 Å². The van der Waals surface area contributed by atoms with Crippen LogP contribution >= 0.6 is 0 Å². The van der Waals surface area contributed by atoms with E-state index in [1.807, 2.05) is 12.1 Å². The summed E-state index contributed by atoms with van der Waals surface area (Å²) in [6.45, 7) is 1.44. The van der Waals surface area contributed by atoms with E-state index in [-0.39, 0.29) is 12.3 Å². The first-order valence-corrected chi connectivity index (χ1v) is 8.49. The minimum absolute atomic E-state index is 0.111. The van der Waals surface area contributed by atoms with E-state index in [4.69, 9.17) is 9.15 Å². The summed E-state index contributed by atoms with van der Waals surface area (Å²) in [5.74, 6) is -1.14. The van der Waals surface area contributed by atoms with Crippen LogP contribution in [0.4, 0.5) is 0 Å². The van der Waals surface area contributed by atoms with E-state index in [1.165, 1.54) is 7.11 Å². The summed E-state index contributed by atoms with van der Waals surface area (Å²) < 4.78 is 10.6. The summed E-state index contributed by atoms with van der Waals surface area (Å²) in [7, 11) is 1.45. The Morgan fingerprint density at radius 3 is 2.43 bits per heavy atom. The van der Waals surface area contributed by atoms with Gasteiger partial charge in [-0.05, 0) is 25.1 Å². The largest absolute Gasteiger partial charge is 0.496 e. The van der Waals surface area contributed by atoms with Crippen molar-refractivity contribution in [1.29, 1.82) is 0 Å². The van der Waals surface area contributed by atoms with Crippen molar-refractivity contribution in [2.24, 2.45) is 0 Å². The fraction of sp³-hybridized carbons (Fsp3) is 0.150. The van der Waals surface area contributed by atoms with Crippen molar-refractivity contribution in [2.75, 3.05) is 13.7 Å². The maximum absolute atomic E-state index is 12.3. The first kappa shape index (κ1) is 19.0. The highest BCUT2D eigenvalue weighted by Gasteiger charge is 2.18. The summed E-state index contributed by atoms with van der Waals surface area (Å²) in [6, 6.07) is 13.9. The fourth-order valence-corrected chi connectivity index (χ4v) is 2.71. The zero-order valence-electron chi connectivity index (χ0n) is 15.4. The minimum atomic E-state index is -0.592. The molecule has 3 N–H and O–H groups in total. The Kier molecular flexibility index (Phi) is 5.59. The second-order valence-corrected chi connectivity index (χ2v) is 5.94. The van der Waals surface area contributed by atoms with Gasteiger partial charge in [0, 0.05) is 10.9 Å². The average molecular weight is 381 g/mol. The molecule has 0 saturated carbocycles. The number of fused-ring (bicyclic) bond motifs is 1. The quantitative estimate of drug-likeness (QED) is 0.585. The lowest BCUT2D eigenvalue weighted by Crippen LogP contribution is -2.46. The number of ether oxygens (including phenoxy) is 1. The normalized spacial score (nSPS) is 10.4. The Labute approximate surface area is 160 Å². The summed E-state index contributed by atoms with van der Waals surface area (Å²) >= 11 is 0. The lowest BCUT2D eigenvalue weighted by Gasteiger charge is -2.10. The van der Waals surface area contributed by atoms with Crippen LogP contribution in [0, 0.1) is 6.92 Å². The van der Waals surface area contributed by atoms with Gasteiger partial charge in [0.2, 0.25) is 0 Å². The van der Waals surface area contributed by atoms with Crippen molar-refractivity contribution < 1.29 is 23.5 Å². The Hall–Kier alpha value is -3.81. The summed E-state index contributed by atoms with van der Waals surface area (Å²) in [5.41, 5.74) is 6.08. The Morgan fingerprint density at radius 1 is 0.964 bits per heavy atom. The van der Waals surface area contributed by atoms with Crippen LogP contribution in [0.1, 0.15) is 26.5 Å². The zero-order valence-corrected chi connectivity index (χ0v) is 15.4. The molecule has 3 aromatic rings. The molecule has 2 aromatic carbocycles. The Balaban J connectivity index is 1.54. The third kappa shape index (κ3) is 3.96. The van der Waals surface area contributed by atoms with Crippen LogP contribution in [0.3, 0.4) is 0 Å². The number of methoxy groups -OCH3 is 1. The lowest BCUT2D eigenvalue weighted by molar-refractivity contribution is -0.120. The van der Waals surface area contributed by atoms with Gasteiger partial charge in [-0.25, -0.2) is 0 Å². The third-order valence-electron chi connectivity index (χ3n) is 4.13. The van der Waals surface area contributed by atoms with Gasteiger partial charge in [-0.1, -0.05) is 30.3 Å². The van der Waals surface area contributed by atoms with Crippen molar-refractivity contribution >= 4 is 28.7 Å². The lowest BCUT2D eigenvalue weighted by atomic mass is 10.1. The number of furan rings is 1. The average Bonchev–Trinajstić information content (AvgIpc) is 3.07. The van der Waals surface area contributed by atoms with Crippen LogP contribution in [0.2, 0.25) is 0 Å². The molecule has 0 unspecified atom stereocenters. The standard InChI is InChI=1S/C20H19N3O5/c1-12-13-7-3-6-10-16(13)28-18(12)20(26)23-22-17(24)11-21-19(25)14-8-4-5-9-15(14)27-2/h3-10H,11H2,1-2H3,(H,21,25)(H,22,24)(H,23,26). The number of benzene rings is 2. The minimum Gasteiger partial charge on any atom is -0.496 e.